The van der Waals surface area contributed by atoms with Gasteiger partial charge in [0.25, 0.3) is 0 Å². The van der Waals surface area contributed by atoms with E-state index in [1.165, 1.54) is 5.56 Å². The largest absolute Gasteiger partial charge is 0.393 e. The highest BCUT2D eigenvalue weighted by atomic mass is 16.3. The molecule has 2 aliphatic rings. The van der Waals surface area contributed by atoms with Gasteiger partial charge in [-0.1, -0.05) is 6.07 Å². The summed E-state index contributed by atoms with van der Waals surface area (Å²) in [5, 5.41) is 9.68. The molecule has 1 saturated carbocycles. The number of rotatable bonds is 2. The van der Waals surface area contributed by atoms with Crippen molar-refractivity contribution in [2.24, 2.45) is 0 Å². The number of aromatic nitrogens is 2. The van der Waals surface area contributed by atoms with Gasteiger partial charge >= 0.3 is 5.69 Å². The SMILES string of the molecule is Cc1ccc2c(c1)[nH]c(=O)n2C1CCN(C2CCC(O)CC2)CC1. The second-order valence-corrected chi connectivity index (χ2v) is 7.55. The molecule has 2 fully saturated rings. The number of likely N-dealkylation sites (tertiary alicyclic amines) is 1. The monoisotopic (exact) mass is 329 g/mol. The zero-order valence-corrected chi connectivity index (χ0v) is 14.4. The molecule has 1 aromatic heterocycles. The van der Waals surface area contributed by atoms with Gasteiger partial charge in [-0.3, -0.25) is 4.57 Å². The molecule has 2 heterocycles. The third kappa shape index (κ3) is 2.91. The summed E-state index contributed by atoms with van der Waals surface area (Å²) in [6.07, 6.45) is 6.06. The number of H-pyrrole nitrogens is 1. The van der Waals surface area contributed by atoms with E-state index in [1.54, 1.807) is 0 Å². The number of hydrogen-bond acceptors (Lipinski definition) is 3. The van der Waals surface area contributed by atoms with E-state index in [0.29, 0.717) is 12.1 Å². The molecule has 24 heavy (non-hydrogen) atoms. The van der Waals surface area contributed by atoms with E-state index in [4.69, 9.17) is 0 Å². The van der Waals surface area contributed by atoms with Crippen LogP contribution in [0.1, 0.15) is 50.1 Å². The number of aromatic amines is 1. The lowest BCUT2D eigenvalue weighted by molar-refractivity contribution is 0.0571. The molecule has 130 valence electrons. The summed E-state index contributed by atoms with van der Waals surface area (Å²) in [7, 11) is 0. The number of aliphatic hydroxyl groups is 1. The quantitative estimate of drug-likeness (QED) is 0.890. The van der Waals surface area contributed by atoms with Crippen LogP contribution in [0, 0.1) is 6.92 Å². The Balaban J connectivity index is 1.48. The van der Waals surface area contributed by atoms with Crippen LogP contribution in [0.2, 0.25) is 0 Å². The first-order chi connectivity index (χ1) is 11.6. The third-order valence-corrected chi connectivity index (χ3v) is 5.92. The molecule has 0 radical (unpaired) electrons. The fourth-order valence-electron chi connectivity index (χ4n) is 4.54. The van der Waals surface area contributed by atoms with Crippen molar-refractivity contribution in [3.8, 4) is 0 Å². The summed E-state index contributed by atoms with van der Waals surface area (Å²) in [6.45, 7) is 4.15. The summed E-state index contributed by atoms with van der Waals surface area (Å²) < 4.78 is 1.97. The standard InChI is InChI=1S/C19H27N3O2/c1-13-2-7-18-17(12-13)20-19(24)22(18)15-8-10-21(11-9-15)14-3-5-16(23)6-4-14/h2,7,12,14-16,23H,3-6,8-11H2,1H3,(H,20,24). The van der Waals surface area contributed by atoms with Gasteiger partial charge < -0.3 is 15.0 Å². The highest BCUT2D eigenvalue weighted by Gasteiger charge is 2.29. The van der Waals surface area contributed by atoms with Crippen molar-refractivity contribution in [2.75, 3.05) is 13.1 Å². The highest BCUT2D eigenvalue weighted by molar-refractivity contribution is 5.76. The molecular formula is C19H27N3O2. The van der Waals surface area contributed by atoms with Gasteiger partial charge in [0.15, 0.2) is 0 Å². The average Bonchev–Trinajstić information content (AvgIpc) is 2.90. The molecular weight excluding hydrogens is 302 g/mol. The smallest absolute Gasteiger partial charge is 0.326 e. The Morgan fingerprint density at radius 3 is 2.46 bits per heavy atom. The molecule has 5 heteroatoms. The van der Waals surface area contributed by atoms with Crippen LogP contribution in [0.4, 0.5) is 0 Å². The normalized spacial score (nSPS) is 26.9. The number of hydrogen-bond donors (Lipinski definition) is 2. The van der Waals surface area contributed by atoms with E-state index in [-0.39, 0.29) is 11.8 Å². The summed E-state index contributed by atoms with van der Waals surface area (Å²) in [6, 6.07) is 7.11. The van der Waals surface area contributed by atoms with Crippen molar-refractivity contribution in [1.29, 1.82) is 0 Å². The van der Waals surface area contributed by atoms with E-state index in [0.717, 1.165) is 62.6 Å². The van der Waals surface area contributed by atoms with Crippen molar-refractivity contribution < 1.29 is 5.11 Å². The van der Waals surface area contributed by atoms with E-state index < -0.39 is 0 Å². The van der Waals surface area contributed by atoms with Crippen LogP contribution in [0.5, 0.6) is 0 Å². The summed E-state index contributed by atoms with van der Waals surface area (Å²) in [5.41, 5.74) is 3.17. The second-order valence-electron chi connectivity index (χ2n) is 7.55. The van der Waals surface area contributed by atoms with Crippen molar-refractivity contribution >= 4 is 11.0 Å². The molecule has 1 aliphatic heterocycles. The van der Waals surface area contributed by atoms with E-state index >= 15 is 0 Å². The fourth-order valence-corrected chi connectivity index (χ4v) is 4.54. The molecule has 5 nitrogen and oxygen atoms in total. The molecule has 0 bridgehead atoms. The topological polar surface area (TPSA) is 61.3 Å². The van der Waals surface area contributed by atoms with Gasteiger partial charge in [-0.05, 0) is 63.1 Å². The fraction of sp³-hybridized carbons (Fsp3) is 0.632. The minimum Gasteiger partial charge on any atom is -0.393 e. The van der Waals surface area contributed by atoms with Gasteiger partial charge in [-0.15, -0.1) is 0 Å². The van der Waals surface area contributed by atoms with Crippen molar-refractivity contribution in [2.45, 2.75) is 63.6 Å². The van der Waals surface area contributed by atoms with Gasteiger partial charge in [0, 0.05) is 25.2 Å². The molecule has 0 atom stereocenters. The Labute approximate surface area is 142 Å². The van der Waals surface area contributed by atoms with Gasteiger partial charge in [0.05, 0.1) is 17.1 Å². The number of imidazole rings is 1. The number of aliphatic hydroxyl groups excluding tert-OH is 1. The molecule has 4 rings (SSSR count). The molecule has 1 aromatic carbocycles. The Hall–Kier alpha value is -1.59. The van der Waals surface area contributed by atoms with Crippen LogP contribution in [-0.4, -0.2) is 44.8 Å². The minimum absolute atomic E-state index is 0.0230. The van der Waals surface area contributed by atoms with Gasteiger partial charge in [-0.25, -0.2) is 4.79 Å². The van der Waals surface area contributed by atoms with Crippen LogP contribution < -0.4 is 5.69 Å². The number of benzene rings is 1. The second kappa shape index (κ2) is 6.37. The molecule has 2 N–H and O–H groups in total. The predicted octanol–water partition coefficient (Wildman–Crippen LogP) is 2.58. The maximum absolute atomic E-state index is 12.4. The van der Waals surface area contributed by atoms with Crippen LogP contribution in [0.3, 0.4) is 0 Å². The first kappa shape index (κ1) is 15.9. The Morgan fingerprint density at radius 1 is 1.04 bits per heavy atom. The zero-order chi connectivity index (χ0) is 16.7. The summed E-state index contributed by atoms with van der Waals surface area (Å²) in [5.74, 6) is 0. The van der Waals surface area contributed by atoms with Crippen LogP contribution in [0.25, 0.3) is 11.0 Å². The van der Waals surface area contributed by atoms with E-state index in [9.17, 15) is 9.90 Å². The average molecular weight is 329 g/mol. The molecule has 2 aromatic rings. The number of piperidine rings is 1. The predicted molar refractivity (Wildman–Crippen MR) is 95.4 cm³/mol. The summed E-state index contributed by atoms with van der Waals surface area (Å²) >= 11 is 0. The highest BCUT2D eigenvalue weighted by Crippen LogP contribution is 2.30. The van der Waals surface area contributed by atoms with Crippen LogP contribution in [0.15, 0.2) is 23.0 Å². The number of nitrogens with zero attached hydrogens (tertiary/aromatic N) is 2. The summed E-state index contributed by atoms with van der Waals surface area (Å²) in [4.78, 5) is 18.0. The van der Waals surface area contributed by atoms with Crippen LogP contribution in [-0.2, 0) is 0 Å². The lowest BCUT2D eigenvalue weighted by atomic mass is 9.90. The number of aryl methyl sites for hydroxylation is 1. The lowest BCUT2D eigenvalue weighted by Crippen LogP contribution is -2.44. The van der Waals surface area contributed by atoms with Crippen molar-refractivity contribution in [3.05, 3.63) is 34.2 Å². The molecule has 0 amide bonds. The first-order valence-electron chi connectivity index (χ1n) is 9.25. The molecule has 1 saturated heterocycles. The molecule has 0 spiro atoms. The first-order valence-corrected chi connectivity index (χ1v) is 9.25. The van der Waals surface area contributed by atoms with E-state index in [2.05, 4.69) is 35.0 Å². The van der Waals surface area contributed by atoms with E-state index in [1.807, 2.05) is 4.57 Å². The number of nitrogens with one attached hydrogen (secondary N) is 1. The Kier molecular flexibility index (Phi) is 4.22. The van der Waals surface area contributed by atoms with Crippen LogP contribution >= 0.6 is 0 Å². The van der Waals surface area contributed by atoms with Gasteiger partial charge in [0.2, 0.25) is 0 Å². The number of fused-ring (bicyclic) bond motifs is 1. The zero-order valence-electron chi connectivity index (χ0n) is 14.4. The molecule has 0 unspecified atom stereocenters. The third-order valence-electron chi connectivity index (χ3n) is 5.92. The van der Waals surface area contributed by atoms with Crippen molar-refractivity contribution in [1.82, 2.24) is 14.5 Å². The van der Waals surface area contributed by atoms with Crippen molar-refractivity contribution in [3.63, 3.8) is 0 Å². The maximum atomic E-state index is 12.4. The molecule has 1 aliphatic carbocycles. The van der Waals surface area contributed by atoms with Gasteiger partial charge in [0.1, 0.15) is 0 Å². The minimum atomic E-state index is -0.0907. The Bertz CT molecular complexity index is 763. The Morgan fingerprint density at radius 2 is 1.75 bits per heavy atom. The lowest BCUT2D eigenvalue weighted by Gasteiger charge is -2.40. The maximum Gasteiger partial charge on any atom is 0.326 e. The van der Waals surface area contributed by atoms with Gasteiger partial charge in [-0.2, -0.15) is 0 Å².